The van der Waals surface area contributed by atoms with E-state index in [1.165, 1.54) is 10.6 Å². The fraction of sp³-hybridized carbons (Fsp3) is 0.462. The summed E-state index contributed by atoms with van der Waals surface area (Å²) in [5, 5.41) is 37.0. The second kappa shape index (κ2) is 5.86. The summed E-state index contributed by atoms with van der Waals surface area (Å²) in [6.07, 6.45) is -1.15. The molecule has 132 valence electrons. The number of nitrogen functional groups attached to an aromatic ring is 1. The molecule has 1 fully saturated rings. The van der Waals surface area contributed by atoms with Crippen molar-refractivity contribution < 1.29 is 24.9 Å². The van der Waals surface area contributed by atoms with Crippen molar-refractivity contribution >= 4 is 17.3 Å². The predicted molar refractivity (Wildman–Crippen MR) is 82.3 cm³/mol. The molecule has 0 saturated carbocycles. The highest BCUT2D eigenvalue weighted by molar-refractivity contribution is 5.99. The normalized spacial score (nSPS) is 28.8. The van der Waals surface area contributed by atoms with Gasteiger partial charge in [0.05, 0.1) is 24.0 Å². The van der Waals surface area contributed by atoms with Gasteiger partial charge < -0.3 is 25.8 Å². The van der Waals surface area contributed by atoms with Crippen LogP contribution in [0.4, 0.5) is 5.82 Å². The molecule has 0 unspecified atom stereocenters. The third kappa shape index (κ3) is 2.36. The maximum absolute atomic E-state index is 11.5. The number of hydrogen-bond donors (Lipinski definition) is 4. The first-order chi connectivity index (χ1) is 11.9. The van der Waals surface area contributed by atoms with E-state index < -0.39 is 36.4 Å². The second-order valence-corrected chi connectivity index (χ2v) is 5.70. The van der Waals surface area contributed by atoms with Crippen LogP contribution in [-0.4, -0.2) is 54.3 Å². The van der Waals surface area contributed by atoms with E-state index in [0.717, 1.165) is 6.33 Å². The van der Waals surface area contributed by atoms with Crippen molar-refractivity contribution in [3.05, 3.63) is 34.1 Å². The molecule has 0 aliphatic carbocycles. The van der Waals surface area contributed by atoms with Gasteiger partial charge in [-0.3, -0.25) is 0 Å². The van der Waals surface area contributed by atoms with E-state index in [0.29, 0.717) is 0 Å². The number of rotatable bonds is 4. The molecular formula is C13H15N7O5. The molecule has 2 aromatic rings. The molecule has 4 atom stereocenters. The van der Waals surface area contributed by atoms with Crippen molar-refractivity contribution in [3.8, 4) is 0 Å². The van der Waals surface area contributed by atoms with E-state index >= 15 is 0 Å². The van der Waals surface area contributed by atoms with E-state index in [-0.39, 0.29) is 22.6 Å². The first kappa shape index (κ1) is 16.9. The number of aromatic nitrogens is 3. The average molecular weight is 349 g/mol. The van der Waals surface area contributed by atoms with Crippen LogP contribution in [0.1, 0.15) is 29.1 Å². The molecule has 2 aromatic heterocycles. The summed E-state index contributed by atoms with van der Waals surface area (Å²) < 4.78 is 6.86. The van der Waals surface area contributed by atoms with Gasteiger partial charge in [0.25, 0.3) is 0 Å². The molecule has 0 spiro atoms. The van der Waals surface area contributed by atoms with Crippen molar-refractivity contribution in [1.82, 2.24) is 14.6 Å². The van der Waals surface area contributed by atoms with Gasteiger partial charge in [-0.1, -0.05) is 12.0 Å². The van der Waals surface area contributed by atoms with Crippen LogP contribution < -0.4 is 5.73 Å². The van der Waals surface area contributed by atoms with Crippen LogP contribution in [0.15, 0.2) is 17.5 Å². The molecular weight excluding hydrogens is 334 g/mol. The lowest BCUT2D eigenvalue weighted by molar-refractivity contribution is -0.0882. The number of aliphatic hydroxyl groups is 2. The Hall–Kier alpha value is -2.92. The van der Waals surface area contributed by atoms with Crippen molar-refractivity contribution in [1.29, 1.82) is 0 Å². The molecule has 3 rings (SSSR count). The SMILES string of the molecule is C[C@H]1[C@H](O)[C@H](c2cc(C(=O)O)c3c(N)ncnn23)O[C@@]1(CO)N=[N+]=[N-]. The smallest absolute Gasteiger partial charge is 0.338 e. The molecule has 0 amide bonds. The molecule has 25 heavy (non-hydrogen) atoms. The number of hydrogen-bond acceptors (Lipinski definition) is 8. The van der Waals surface area contributed by atoms with Crippen molar-refractivity contribution in [2.45, 2.75) is 24.9 Å². The van der Waals surface area contributed by atoms with Gasteiger partial charge in [-0.25, -0.2) is 14.3 Å². The minimum Gasteiger partial charge on any atom is -0.478 e. The Kier molecular flexibility index (Phi) is 3.97. The summed E-state index contributed by atoms with van der Waals surface area (Å²) in [4.78, 5) is 17.9. The second-order valence-electron chi connectivity index (χ2n) is 5.70. The molecule has 1 aliphatic rings. The van der Waals surface area contributed by atoms with Crippen LogP contribution in [-0.2, 0) is 4.74 Å². The Labute approximate surface area is 140 Å². The van der Waals surface area contributed by atoms with Gasteiger partial charge in [0, 0.05) is 10.8 Å². The highest BCUT2D eigenvalue weighted by atomic mass is 16.6. The van der Waals surface area contributed by atoms with Crippen molar-refractivity contribution in [3.63, 3.8) is 0 Å². The molecule has 0 radical (unpaired) electrons. The van der Waals surface area contributed by atoms with Crippen LogP contribution in [0.3, 0.4) is 0 Å². The van der Waals surface area contributed by atoms with Crippen LogP contribution >= 0.6 is 0 Å². The number of carboxylic acids is 1. The number of ether oxygens (including phenoxy) is 1. The summed E-state index contributed by atoms with van der Waals surface area (Å²) in [6, 6.07) is 1.26. The van der Waals surface area contributed by atoms with Gasteiger partial charge in [-0.15, -0.1) is 0 Å². The maximum Gasteiger partial charge on any atom is 0.338 e. The van der Waals surface area contributed by atoms with Crippen LogP contribution in [0, 0.1) is 5.92 Å². The first-order valence-corrected chi connectivity index (χ1v) is 7.24. The van der Waals surface area contributed by atoms with Gasteiger partial charge in [-0.2, -0.15) is 5.10 Å². The van der Waals surface area contributed by atoms with Crippen LogP contribution in [0.2, 0.25) is 0 Å². The summed E-state index contributed by atoms with van der Waals surface area (Å²) in [5.74, 6) is -2.06. The van der Waals surface area contributed by atoms with Crippen molar-refractivity contribution in [2.75, 3.05) is 12.3 Å². The largest absolute Gasteiger partial charge is 0.478 e. The molecule has 1 saturated heterocycles. The molecule has 12 nitrogen and oxygen atoms in total. The van der Waals surface area contributed by atoms with E-state index in [4.69, 9.17) is 16.0 Å². The van der Waals surface area contributed by atoms with Gasteiger partial charge >= 0.3 is 5.97 Å². The number of nitrogens with two attached hydrogens (primary N) is 1. The number of carboxylic acid groups (broad SMARTS) is 1. The number of nitrogens with zero attached hydrogens (tertiary/aromatic N) is 6. The van der Waals surface area contributed by atoms with E-state index in [9.17, 15) is 20.1 Å². The summed E-state index contributed by atoms with van der Waals surface area (Å²) in [6.45, 7) is 0.894. The average Bonchev–Trinajstić information content (AvgIpc) is 3.08. The Morgan fingerprint density at radius 2 is 2.36 bits per heavy atom. The zero-order valence-corrected chi connectivity index (χ0v) is 13.0. The van der Waals surface area contributed by atoms with Gasteiger partial charge in [0.1, 0.15) is 17.9 Å². The highest BCUT2D eigenvalue weighted by Gasteiger charge is 2.53. The summed E-state index contributed by atoms with van der Waals surface area (Å²) >= 11 is 0. The molecule has 0 bridgehead atoms. The van der Waals surface area contributed by atoms with Crippen LogP contribution in [0.5, 0.6) is 0 Å². The Morgan fingerprint density at radius 3 is 2.96 bits per heavy atom. The fourth-order valence-electron chi connectivity index (χ4n) is 3.02. The van der Waals surface area contributed by atoms with Gasteiger partial charge in [0.2, 0.25) is 0 Å². The lowest BCUT2D eigenvalue weighted by atomic mass is 9.93. The standard InChI is InChI=1S/C13H15N7O5/c1-5-9(22)10(25-13(5,3-21)18-19-15)7-2-6(12(23)24)8-11(14)16-4-17-20(7)8/h2,4-5,9-10,21-22H,3H2,1H3,(H,23,24)(H2,14,16,17)/t5-,9-,10-,13+/m0/s1. The van der Waals surface area contributed by atoms with E-state index in [2.05, 4.69) is 20.1 Å². The molecule has 12 heteroatoms. The lowest BCUT2D eigenvalue weighted by Crippen LogP contribution is -2.37. The van der Waals surface area contributed by atoms with Crippen molar-refractivity contribution in [2.24, 2.45) is 11.0 Å². The van der Waals surface area contributed by atoms with E-state index in [1.54, 1.807) is 6.92 Å². The predicted octanol–water partition coefficient (Wildman–Crippen LogP) is 0.0769. The quantitative estimate of drug-likeness (QED) is 0.338. The summed E-state index contributed by atoms with van der Waals surface area (Å²) in [7, 11) is 0. The molecule has 1 aliphatic heterocycles. The number of fused-ring (bicyclic) bond motifs is 1. The third-order valence-corrected chi connectivity index (χ3v) is 4.44. The number of carbonyl (C=O) groups is 1. The van der Waals surface area contributed by atoms with E-state index in [1.807, 2.05) is 0 Å². The van der Waals surface area contributed by atoms with Gasteiger partial charge in [0.15, 0.2) is 11.5 Å². The fourth-order valence-corrected chi connectivity index (χ4v) is 3.02. The minimum atomic E-state index is -1.68. The molecule has 5 N–H and O–H groups in total. The Morgan fingerprint density at radius 1 is 1.64 bits per heavy atom. The zero-order chi connectivity index (χ0) is 18.4. The number of anilines is 1. The monoisotopic (exact) mass is 349 g/mol. The topological polar surface area (TPSA) is 192 Å². The maximum atomic E-state index is 11.5. The van der Waals surface area contributed by atoms with Gasteiger partial charge in [-0.05, 0) is 11.6 Å². The number of aromatic carboxylic acids is 1. The van der Waals surface area contributed by atoms with Crippen LogP contribution in [0.25, 0.3) is 16.0 Å². The summed E-state index contributed by atoms with van der Waals surface area (Å²) in [5.41, 5.74) is 12.9. The number of aliphatic hydroxyl groups excluding tert-OH is 2. The number of azide groups is 1. The Bertz CT molecular complexity index is 892. The minimum absolute atomic E-state index is 0.0531. The first-order valence-electron chi connectivity index (χ1n) is 7.24. The zero-order valence-electron chi connectivity index (χ0n) is 13.0. The molecule has 0 aromatic carbocycles. The lowest BCUT2D eigenvalue weighted by Gasteiger charge is -2.24. The molecule has 3 heterocycles. The highest BCUT2D eigenvalue weighted by Crippen LogP contribution is 2.45. The Balaban J connectivity index is 2.19. The third-order valence-electron chi connectivity index (χ3n) is 4.44.